The van der Waals surface area contributed by atoms with Crippen LogP contribution in [-0.4, -0.2) is 15.5 Å². The van der Waals surface area contributed by atoms with E-state index in [-0.39, 0.29) is 28.8 Å². The molecule has 108 valence electrons. The topological polar surface area (TPSA) is 90.3 Å². The van der Waals surface area contributed by atoms with Crippen molar-refractivity contribution >= 4 is 17.0 Å². The second kappa shape index (κ2) is 4.93. The molecule has 0 saturated heterocycles. The summed E-state index contributed by atoms with van der Waals surface area (Å²) in [5.74, 6) is 0.588. The molecule has 7 heteroatoms. The second-order valence-corrected chi connectivity index (χ2v) is 4.64. The number of amides is 1. The molecule has 0 aliphatic heterocycles. The molecular formula is C14H13N3O4. The van der Waals surface area contributed by atoms with Crippen LogP contribution in [0.4, 0.5) is 0 Å². The smallest absolute Gasteiger partial charge is 0.265 e. The van der Waals surface area contributed by atoms with Crippen LogP contribution in [0, 0.1) is 6.92 Å². The Hall–Kier alpha value is -2.83. The van der Waals surface area contributed by atoms with Crippen molar-refractivity contribution in [1.29, 1.82) is 0 Å². The summed E-state index contributed by atoms with van der Waals surface area (Å²) >= 11 is 0. The minimum Gasteiger partial charge on any atom is -0.467 e. The zero-order chi connectivity index (χ0) is 15.0. The molecule has 0 unspecified atom stereocenters. The van der Waals surface area contributed by atoms with Crippen LogP contribution in [-0.2, 0) is 13.6 Å². The molecular weight excluding hydrogens is 274 g/mol. The van der Waals surface area contributed by atoms with Gasteiger partial charge >= 0.3 is 0 Å². The largest absolute Gasteiger partial charge is 0.467 e. The highest BCUT2D eigenvalue weighted by Gasteiger charge is 2.22. The van der Waals surface area contributed by atoms with Gasteiger partial charge in [-0.05, 0) is 19.1 Å². The van der Waals surface area contributed by atoms with Crippen LogP contribution in [0.15, 0.2) is 38.4 Å². The fourth-order valence-corrected chi connectivity index (χ4v) is 2.13. The molecule has 0 saturated carbocycles. The van der Waals surface area contributed by atoms with Gasteiger partial charge in [0, 0.05) is 7.05 Å². The summed E-state index contributed by atoms with van der Waals surface area (Å²) in [5, 5.41) is 2.89. The first kappa shape index (κ1) is 13.2. The quantitative estimate of drug-likeness (QED) is 0.785. The first-order valence-electron chi connectivity index (χ1n) is 6.33. The molecule has 21 heavy (non-hydrogen) atoms. The zero-order valence-electron chi connectivity index (χ0n) is 11.5. The Kier molecular flexibility index (Phi) is 3.09. The molecule has 0 atom stereocenters. The van der Waals surface area contributed by atoms with Crippen molar-refractivity contribution in [2.24, 2.45) is 7.05 Å². The highest BCUT2D eigenvalue weighted by atomic mass is 16.3. The van der Waals surface area contributed by atoms with Crippen molar-refractivity contribution < 1.29 is 13.6 Å². The van der Waals surface area contributed by atoms with Crippen molar-refractivity contribution in [1.82, 2.24) is 14.9 Å². The number of carbonyl (C=O) groups excluding carboxylic acids is 1. The maximum atomic E-state index is 12.3. The third-order valence-electron chi connectivity index (χ3n) is 3.18. The predicted molar refractivity (Wildman–Crippen MR) is 73.9 cm³/mol. The molecule has 3 aromatic rings. The Balaban J connectivity index is 1.99. The van der Waals surface area contributed by atoms with Crippen LogP contribution < -0.4 is 10.9 Å². The Morgan fingerprint density at radius 3 is 3.00 bits per heavy atom. The van der Waals surface area contributed by atoms with Gasteiger partial charge in [-0.2, -0.15) is 0 Å². The molecule has 1 amide bonds. The molecule has 0 radical (unpaired) electrons. The Bertz CT molecular complexity index is 858. The normalized spacial score (nSPS) is 11.0. The van der Waals surface area contributed by atoms with Crippen molar-refractivity contribution in [2.45, 2.75) is 13.5 Å². The lowest BCUT2D eigenvalue weighted by molar-refractivity contribution is 0.0948. The minimum absolute atomic E-state index is 0.166. The highest BCUT2D eigenvalue weighted by Crippen LogP contribution is 2.20. The van der Waals surface area contributed by atoms with E-state index in [1.165, 1.54) is 17.2 Å². The molecule has 3 heterocycles. The van der Waals surface area contributed by atoms with Crippen LogP contribution >= 0.6 is 0 Å². The standard InChI is InChI=1S/C14H13N3O4/c1-8-10(12(18)15-6-9-4-3-5-20-9)11-13(21-8)16-7-17(2)14(11)19/h3-5,7H,6H2,1-2H3,(H,15,18). The molecule has 7 nitrogen and oxygen atoms in total. The first-order chi connectivity index (χ1) is 10.1. The van der Waals surface area contributed by atoms with Gasteiger partial charge in [-0.25, -0.2) is 4.98 Å². The Labute approximate surface area is 119 Å². The lowest BCUT2D eigenvalue weighted by Crippen LogP contribution is -2.25. The van der Waals surface area contributed by atoms with Gasteiger partial charge in [0.05, 0.1) is 18.4 Å². The lowest BCUT2D eigenvalue weighted by atomic mass is 10.2. The molecule has 0 aliphatic rings. The van der Waals surface area contributed by atoms with Crippen LogP contribution in [0.1, 0.15) is 21.9 Å². The number of nitrogens with one attached hydrogen (secondary N) is 1. The van der Waals surface area contributed by atoms with Gasteiger partial charge < -0.3 is 18.7 Å². The van der Waals surface area contributed by atoms with E-state index in [0.29, 0.717) is 11.5 Å². The molecule has 0 aromatic carbocycles. The molecule has 0 bridgehead atoms. The number of rotatable bonds is 3. The highest BCUT2D eigenvalue weighted by molar-refractivity contribution is 6.06. The number of carbonyl (C=O) groups is 1. The zero-order valence-corrected chi connectivity index (χ0v) is 11.5. The SMILES string of the molecule is Cc1oc2ncn(C)c(=O)c2c1C(=O)NCc1ccco1. The van der Waals surface area contributed by atoms with Gasteiger partial charge in [-0.1, -0.05) is 0 Å². The molecule has 0 spiro atoms. The second-order valence-electron chi connectivity index (χ2n) is 4.64. The summed E-state index contributed by atoms with van der Waals surface area (Å²) < 4.78 is 11.8. The molecule has 0 aliphatic carbocycles. The van der Waals surface area contributed by atoms with Crippen LogP contribution in [0.3, 0.4) is 0 Å². The number of nitrogens with zero attached hydrogens (tertiary/aromatic N) is 2. The van der Waals surface area contributed by atoms with Crippen LogP contribution in [0.2, 0.25) is 0 Å². The van der Waals surface area contributed by atoms with Gasteiger partial charge in [-0.15, -0.1) is 0 Å². The molecule has 1 N–H and O–H groups in total. The number of aryl methyl sites for hydroxylation is 2. The minimum atomic E-state index is -0.396. The van der Waals surface area contributed by atoms with Crippen molar-refractivity contribution in [3.8, 4) is 0 Å². The maximum Gasteiger partial charge on any atom is 0.265 e. The summed E-state index contributed by atoms with van der Waals surface area (Å²) in [6.45, 7) is 1.86. The van der Waals surface area contributed by atoms with Gasteiger partial charge in [-0.3, -0.25) is 9.59 Å². The first-order valence-corrected chi connectivity index (χ1v) is 6.33. The van der Waals surface area contributed by atoms with Crippen LogP contribution in [0.5, 0.6) is 0 Å². The number of hydrogen-bond donors (Lipinski definition) is 1. The van der Waals surface area contributed by atoms with E-state index in [4.69, 9.17) is 8.83 Å². The van der Waals surface area contributed by atoms with Gasteiger partial charge in [0.25, 0.3) is 11.5 Å². The number of fused-ring (bicyclic) bond motifs is 1. The summed E-state index contributed by atoms with van der Waals surface area (Å²) in [6, 6.07) is 3.49. The van der Waals surface area contributed by atoms with Crippen molar-refractivity contribution in [2.75, 3.05) is 0 Å². The van der Waals surface area contributed by atoms with Crippen LogP contribution in [0.25, 0.3) is 11.1 Å². The summed E-state index contributed by atoms with van der Waals surface area (Å²) in [4.78, 5) is 28.5. The third kappa shape index (κ3) is 2.22. The van der Waals surface area contributed by atoms with Crippen molar-refractivity contribution in [3.63, 3.8) is 0 Å². The van der Waals surface area contributed by atoms with E-state index >= 15 is 0 Å². The van der Waals surface area contributed by atoms with E-state index in [1.807, 2.05) is 0 Å². The number of furan rings is 2. The summed E-state index contributed by atoms with van der Waals surface area (Å²) in [6.07, 6.45) is 2.89. The van der Waals surface area contributed by atoms with Crippen molar-refractivity contribution in [3.05, 3.63) is 52.2 Å². The third-order valence-corrected chi connectivity index (χ3v) is 3.18. The van der Waals surface area contributed by atoms with Gasteiger partial charge in [0.2, 0.25) is 5.71 Å². The average molecular weight is 287 g/mol. The Morgan fingerprint density at radius 1 is 1.48 bits per heavy atom. The fourth-order valence-electron chi connectivity index (χ4n) is 2.13. The maximum absolute atomic E-state index is 12.3. The summed E-state index contributed by atoms with van der Waals surface area (Å²) in [7, 11) is 1.57. The number of aromatic nitrogens is 2. The van der Waals surface area contributed by atoms with E-state index in [2.05, 4.69) is 10.3 Å². The predicted octanol–water partition coefficient (Wildman–Crippen LogP) is 1.36. The van der Waals surface area contributed by atoms with Gasteiger partial charge in [0.15, 0.2) is 0 Å². The number of hydrogen-bond acceptors (Lipinski definition) is 5. The van der Waals surface area contributed by atoms with E-state index in [1.54, 1.807) is 26.1 Å². The lowest BCUT2D eigenvalue weighted by Gasteiger charge is -2.02. The molecule has 3 aromatic heterocycles. The van der Waals surface area contributed by atoms with Gasteiger partial charge in [0.1, 0.15) is 23.2 Å². The average Bonchev–Trinajstić information content (AvgIpc) is 3.07. The fraction of sp³-hybridized carbons (Fsp3) is 0.214. The molecule has 0 fully saturated rings. The summed E-state index contributed by atoms with van der Waals surface area (Å²) in [5.41, 5.74) is 0.0593. The van der Waals surface area contributed by atoms with E-state index in [0.717, 1.165) is 0 Å². The Morgan fingerprint density at radius 2 is 2.29 bits per heavy atom. The van der Waals surface area contributed by atoms with E-state index in [9.17, 15) is 9.59 Å². The molecule has 3 rings (SSSR count). The monoisotopic (exact) mass is 287 g/mol. The van der Waals surface area contributed by atoms with E-state index < -0.39 is 5.91 Å².